The molecular formula is C13H18N2O2. The molecule has 0 radical (unpaired) electrons. The number of hydrogen-bond donors (Lipinski definition) is 1. The number of carbonyl (C=O) groups is 1. The van der Waals surface area contributed by atoms with E-state index in [0.29, 0.717) is 18.8 Å². The number of benzene rings is 1. The second-order valence-electron chi connectivity index (χ2n) is 4.34. The van der Waals surface area contributed by atoms with Crippen LogP contribution in [-0.4, -0.2) is 37.2 Å². The maximum atomic E-state index is 12.0. The van der Waals surface area contributed by atoms with E-state index < -0.39 is 0 Å². The normalized spacial score (nSPS) is 16.8. The van der Waals surface area contributed by atoms with Crippen LogP contribution < -0.4 is 5.43 Å². The number of morpholine rings is 1. The second kappa shape index (κ2) is 5.29. The third-order valence-electron chi connectivity index (χ3n) is 3.04. The van der Waals surface area contributed by atoms with Gasteiger partial charge in [-0.3, -0.25) is 10.2 Å². The first-order valence-corrected chi connectivity index (χ1v) is 5.88. The molecule has 17 heavy (non-hydrogen) atoms. The van der Waals surface area contributed by atoms with Gasteiger partial charge in [-0.05, 0) is 37.1 Å². The zero-order valence-electron chi connectivity index (χ0n) is 10.3. The lowest BCUT2D eigenvalue weighted by molar-refractivity contribution is 0.0126. The van der Waals surface area contributed by atoms with Crippen LogP contribution in [0.3, 0.4) is 0 Å². The molecule has 1 heterocycles. The van der Waals surface area contributed by atoms with Crippen molar-refractivity contribution in [1.29, 1.82) is 0 Å². The number of rotatable bonds is 2. The highest BCUT2D eigenvalue weighted by Crippen LogP contribution is 2.09. The largest absolute Gasteiger partial charge is 0.379 e. The quantitative estimate of drug-likeness (QED) is 0.838. The van der Waals surface area contributed by atoms with Crippen LogP contribution in [-0.2, 0) is 4.74 Å². The van der Waals surface area contributed by atoms with Crippen molar-refractivity contribution in [3.8, 4) is 0 Å². The van der Waals surface area contributed by atoms with Crippen molar-refractivity contribution in [2.75, 3.05) is 26.3 Å². The number of aryl methyl sites for hydroxylation is 2. The number of carbonyl (C=O) groups excluding carboxylic acids is 1. The Morgan fingerprint density at radius 1 is 1.24 bits per heavy atom. The monoisotopic (exact) mass is 234 g/mol. The molecule has 1 aliphatic rings. The summed E-state index contributed by atoms with van der Waals surface area (Å²) in [5, 5.41) is 1.90. The SMILES string of the molecule is Cc1ccc(C(=O)NN2CCOCC2)cc1C. The molecular weight excluding hydrogens is 216 g/mol. The van der Waals surface area contributed by atoms with Gasteiger partial charge in [0.1, 0.15) is 0 Å². The lowest BCUT2D eigenvalue weighted by Crippen LogP contribution is -2.48. The molecule has 1 aromatic carbocycles. The first-order chi connectivity index (χ1) is 8.16. The Hall–Kier alpha value is -1.39. The summed E-state index contributed by atoms with van der Waals surface area (Å²) < 4.78 is 5.23. The van der Waals surface area contributed by atoms with Crippen molar-refractivity contribution in [3.63, 3.8) is 0 Å². The summed E-state index contributed by atoms with van der Waals surface area (Å²) in [4.78, 5) is 12.0. The van der Waals surface area contributed by atoms with Crippen molar-refractivity contribution < 1.29 is 9.53 Å². The Bertz CT molecular complexity index is 412. The van der Waals surface area contributed by atoms with E-state index in [-0.39, 0.29) is 5.91 Å². The van der Waals surface area contributed by atoms with Gasteiger partial charge >= 0.3 is 0 Å². The summed E-state index contributed by atoms with van der Waals surface area (Å²) in [7, 11) is 0. The molecule has 92 valence electrons. The van der Waals surface area contributed by atoms with E-state index in [2.05, 4.69) is 5.43 Å². The molecule has 4 nitrogen and oxygen atoms in total. The average molecular weight is 234 g/mol. The predicted octanol–water partition coefficient (Wildman–Crippen LogP) is 1.28. The van der Waals surface area contributed by atoms with Gasteiger partial charge in [0.25, 0.3) is 5.91 Å². The Kier molecular flexibility index (Phi) is 3.76. The molecule has 0 aliphatic carbocycles. The van der Waals surface area contributed by atoms with Crippen molar-refractivity contribution in [2.24, 2.45) is 0 Å². The average Bonchev–Trinajstić information content (AvgIpc) is 2.34. The molecule has 1 fully saturated rings. The maximum absolute atomic E-state index is 12.0. The minimum absolute atomic E-state index is 0.0463. The first-order valence-electron chi connectivity index (χ1n) is 5.88. The highest BCUT2D eigenvalue weighted by molar-refractivity contribution is 5.94. The van der Waals surface area contributed by atoms with Gasteiger partial charge in [0.15, 0.2) is 0 Å². The standard InChI is InChI=1S/C13H18N2O2/c1-10-3-4-12(9-11(10)2)13(16)14-15-5-7-17-8-6-15/h3-4,9H,5-8H2,1-2H3,(H,14,16). The maximum Gasteiger partial charge on any atom is 0.265 e. The van der Waals surface area contributed by atoms with Crippen molar-refractivity contribution in [2.45, 2.75) is 13.8 Å². The molecule has 0 aromatic heterocycles. The van der Waals surface area contributed by atoms with E-state index in [1.54, 1.807) is 0 Å². The fourth-order valence-corrected chi connectivity index (χ4v) is 1.77. The highest BCUT2D eigenvalue weighted by atomic mass is 16.5. The van der Waals surface area contributed by atoms with Crippen LogP contribution in [0.5, 0.6) is 0 Å². The third kappa shape index (κ3) is 3.05. The van der Waals surface area contributed by atoms with Crippen LogP contribution in [0, 0.1) is 13.8 Å². The number of nitrogens with one attached hydrogen (secondary N) is 1. The fraction of sp³-hybridized carbons (Fsp3) is 0.462. The summed E-state index contributed by atoms with van der Waals surface area (Å²) in [6.45, 7) is 6.90. The highest BCUT2D eigenvalue weighted by Gasteiger charge is 2.14. The summed E-state index contributed by atoms with van der Waals surface area (Å²) in [6, 6.07) is 5.76. The van der Waals surface area contributed by atoms with Crippen LogP contribution in [0.2, 0.25) is 0 Å². The number of hydrogen-bond acceptors (Lipinski definition) is 3. The lowest BCUT2D eigenvalue weighted by Gasteiger charge is -2.27. The van der Waals surface area contributed by atoms with Crippen LogP contribution in [0.25, 0.3) is 0 Å². The summed E-state index contributed by atoms with van der Waals surface area (Å²) in [6.07, 6.45) is 0. The minimum atomic E-state index is -0.0463. The van der Waals surface area contributed by atoms with Gasteiger partial charge in [0, 0.05) is 18.7 Å². The Balaban J connectivity index is 2.01. The van der Waals surface area contributed by atoms with E-state index in [1.807, 2.05) is 37.1 Å². The van der Waals surface area contributed by atoms with Crippen molar-refractivity contribution >= 4 is 5.91 Å². The molecule has 4 heteroatoms. The first kappa shape index (κ1) is 12.1. The van der Waals surface area contributed by atoms with Crippen molar-refractivity contribution in [3.05, 3.63) is 34.9 Å². The van der Waals surface area contributed by atoms with E-state index in [1.165, 1.54) is 5.56 Å². The number of amides is 1. The van der Waals surface area contributed by atoms with Crippen LogP contribution in [0.15, 0.2) is 18.2 Å². The molecule has 0 saturated carbocycles. The molecule has 1 aromatic rings. The third-order valence-corrected chi connectivity index (χ3v) is 3.04. The van der Waals surface area contributed by atoms with Crippen LogP contribution in [0.1, 0.15) is 21.5 Å². The van der Waals surface area contributed by atoms with Crippen molar-refractivity contribution in [1.82, 2.24) is 10.4 Å². The van der Waals surface area contributed by atoms with Crippen LogP contribution in [0.4, 0.5) is 0 Å². The molecule has 1 N–H and O–H groups in total. The molecule has 1 saturated heterocycles. The van der Waals surface area contributed by atoms with Gasteiger partial charge in [-0.25, -0.2) is 5.01 Å². The topological polar surface area (TPSA) is 41.6 Å². The van der Waals surface area contributed by atoms with E-state index in [0.717, 1.165) is 18.7 Å². The number of ether oxygens (including phenoxy) is 1. The zero-order chi connectivity index (χ0) is 12.3. The summed E-state index contributed by atoms with van der Waals surface area (Å²) in [5.74, 6) is -0.0463. The zero-order valence-corrected chi connectivity index (χ0v) is 10.3. The minimum Gasteiger partial charge on any atom is -0.379 e. The van der Waals surface area contributed by atoms with Gasteiger partial charge in [-0.15, -0.1) is 0 Å². The fourth-order valence-electron chi connectivity index (χ4n) is 1.77. The van der Waals surface area contributed by atoms with Gasteiger partial charge < -0.3 is 4.74 Å². The predicted molar refractivity (Wildman–Crippen MR) is 65.8 cm³/mol. The van der Waals surface area contributed by atoms with Gasteiger partial charge in [-0.2, -0.15) is 0 Å². The van der Waals surface area contributed by atoms with E-state index in [4.69, 9.17) is 4.74 Å². The molecule has 1 aliphatic heterocycles. The molecule has 1 amide bonds. The Morgan fingerprint density at radius 2 is 1.94 bits per heavy atom. The number of hydrazine groups is 1. The van der Waals surface area contributed by atoms with Gasteiger partial charge in [-0.1, -0.05) is 6.07 Å². The Morgan fingerprint density at radius 3 is 2.59 bits per heavy atom. The Labute approximate surface area is 102 Å². The summed E-state index contributed by atoms with van der Waals surface area (Å²) in [5.41, 5.74) is 5.94. The van der Waals surface area contributed by atoms with E-state index >= 15 is 0 Å². The van der Waals surface area contributed by atoms with Gasteiger partial charge in [0.2, 0.25) is 0 Å². The van der Waals surface area contributed by atoms with Gasteiger partial charge in [0.05, 0.1) is 13.2 Å². The van der Waals surface area contributed by atoms with Crippen LogP contribution >= 0.6 is 0 Å². The molecule has 0 spiro atoms. The lowest BCUT2D eigenvalue weighted by atomic mass is 10.1. The number of nitrogens with zero attached hydrogens (tertiary/aromatic N) is 1. The summed E-state index contributed by atoms with van der Waals surface area (Å²) >= 11 is 0. The molecule has 2 rings (SSSR count). The smallest absolute Gasteiger partial charge is 0.265 e. The van der Waals surface area contributed by atoms with E-state index in [9.17, 15) is 4.79 Å². The molecule has 0 bridgehead atoms. The second-order valence-corrected chi connectivity index (χ2v) is 4.34. The molecule has 0 atom stereocenters. The molecule has 0 unspecified atom stereocenters.